The first-order chi connectivity index (χ1) is 20.4. The van der Waals surface area contributed by atoms with Crippen molar-refractivity contribution in [2.45, 2.75) is 69.5 Å². The zero-order valence-corrected chi connectivity index (χ0v) is 23.9. The van der Waals surface area contributed by atoms with E-state index >= 15 is 4.39 Å². The van der Waals surface area contributed by atoms with Gasteiger partial charge < -0.3 is 20.1 Å². The fourth-order valence-electron chi connectivity index (χ4n) is 8.16. The summed E-state index contributed by atoms with van der Waals surface area (Å²) in [5.74, 6) is -0.300. The third-order valence-electron chi connectivity index (χ3n) is 10.1. The third kappa shape index (κ3) is 4.06. The summed E-state index contributed by atoms with van der Waals surface area (Å²) in [5, 5.41) is 20.1. The summed E-state index contributed by atoms with van der Waals surface area (Å²) >= 11 is 0. The van der Waals surface area contributed by atoms with E-state index in [9.17, 15) is 9.50 Å². The third-order valence-corrected chi connectivity index (χ3v) is 10.1. The fourth-order valence-corrected chi connectivity index (χ4v) is 8.16. The van der Waals surface area contributed by atoms with Gasteiger partial charge in [0.2, 0.25) is 5.95 Å². The highest BCUT2D eigenvalue weighted by Gasteiger charge is 2.45. The van der Waals surface area contributed by atoms with Gasteiger partial charge in [-0.3, -0.25) is 4.90 Å². The lowest BCUT2D eigenvalue weighted by Crippen LogP contribution is -2.51. The molecule has 42 heavy (non-hydrogen) atoms. The maximum absolute atomic E-state index is 16.6. The van der Waals surface area contributed by atoms with Crippen LogP contribution in [0.4, 0.5) is 14.6 Å². The normalized spacial score (nSPS) is 23.4. The van der Waals surface area contributed by atoms with Crippen molar-refractivity contribution in [1.82, 2.24) is 24.8 Å². The van der Waals surface area contributed by atoms with E-state index in [1.807, 2.05) is 6.92 Å². The molecule has 6 heterocycles. The number of phenolic OH excluding ortho intramolecular Hbond substituents is 1. The standard InChI is InChI=1S/C32H36F2N6O2/c1-2-23-26(33)8-5-19-13-22(41)14-24(28(19)23)25-15-27-30(38-16-20-6-7-21(17-38)35-20)36-31(37-40(27)29(25)34)42-18-32-9-3-11-39(32)12-4-10-32/h5,8,13-15,20-21,35,41H,2-4,6-7,9-12,16-18H2,1H3. The van der Waals surface area contributed by atoms with Gasteiger partial charge in [0.1, 0.15) is 23.7 Å². The number of ether oxygens (including phenoxy) is 1. The molecule has 2 unspecified atom stereocenters. The number of phenols is 1. The van der Waals surface area contributed by atoms with E-state index in [2.05, 4.69) is 20.2 Å². The summed E-state index contributed by atoms with van der Waals surface area (Å²) < 4.78 is 39.1. The SMILES string of the molecule is CCc1c(F)ccc2cc(O)cc(-c3cc4c(N5CC6CCC(C5)N6)nc(OCC56CCCN5CCC6)nn4c3F)c12. The van der Waals surface area contributed by atoms with Crippen molar-refractivity contribution in [2.75, 3.05) is 37.7 Å². The highest BCUT2D eigenvalue weighted by atomic mass is 19.1. The molecule has 8 nitrogen and oxygen atoms in total. The average Bonchev–Trinajstić information content (AvgIpc) is 3.74. The van der Waals surface area contributed by atoms with Crippen LogP contribution in [0.3, 0.4) is 0 Å². The molecular formula is C32H36F2N6O2. The highest BCUT2D eigenvalue weighted by Crippen LogP contribution is 2.41. The van der Waals surface area contributed by atoms with Crippen LogP contribution in [0.25, 0.3) is 27.4 Å². The minimum Gasteiger partial charge on any atom is -0.508 e. The van der Waals surface area contributed by atoms with E-state index in [-0.39, 0.29) is 28.7 Å². The van der Waals surface area contributed by atoms with E-state index in [4.69, 9.17) is 9.72 Å². The zero-order valence-electron chi connectivity index (χ0n) is 23.9. The minimum absolute atomic E-state index is 0.00762. The van der Waals surface area contributed by atoms with Crippen LogP contribution in [0.15, 0.2) is 30.3 Å². The molecule has 4 aliphatic heterocycles. The molecule has 2 aromatic heterocycles. The number of nitrogens with zero attached hydrogens (tertiary/aromatic N) is 5. The molecular weight excluding hydrogens is 538 g/mol. The summed E-state index contributed by atoms with van der Waals surface area (Å²) in [7, 11) is 0. The topological polar surface area (TPSA) is 78.2 Å². The number of benzene rings is 2. The van der Waals surface area contributed by atoms with Gasteiger partial charge in [0, 0.05) is 30.7 Å². The Balaban J connectivity index is 1.28. The number of rotatable bonds is 6. The van der Waals surface area contributed by atoms with Crippen molar-refractivity contribution in [2.24, 2.45) is 0 Å². The predicted molar refractivity (Wildman–Crippen MR) is 157 cm³/mol. The molecule has 0 amide bonds. The van der Waals surface area contributed by atoms with Crippen molar-refractivity contribution >= 4 is 22.1 Å². The Hall–Kier alpha value is -3.50. The first kappa shape index (κ1) is 26.2. The molecule has 0 saturated carbocycles. The van der Waals surface area contributed by atoms with Gasteiger partial charge in [0.05, 0.1) is 5.54 Å². The van der Waals surface area contributed by atoms with E-state index in [0.717, 1.165) is 64.7 Å². The summed E-state index contributed by atoms with van der Waals surface area (Å²) in [4.78, 5) is 9.66. The summed E-state index contributed by atoms with van der Waals surface area (Å²) in [6.07, 6.45) is 7.13. The smallest absolute Gasteiger partial charge is 0.336 e. The van der Waals surface area contributed by atoms with Crippen molar-refractivity contribution in [3.05, 3.63) is 47.7 Å². The molecule has 2 N–H and O–H groups in total. The molecule has 8 rings (SSSR count). The maximum atomic E-state index is 16.6. The Bertz CT molecular complexity index is 1680. The van der Waals surface area contributed by atoms with Crippen LogP contribution in [0, 0.1) is 11.8 Å². The first-order valence-electron chi connectivity index (χ1n) is 15.3. The Morgan fingerprint density at radius 3 is 2.55 bits per heavy atom. The van der Waals surface area contributed by atoms with Crippen molar-refractivity contribution in [3.8, 4) is 22.9 Å². The Kier molecular flexibility index (Phi) is 6.08. The second-order valence-corrected chi connectivity index (χ2v) is 12.6. The van der Waals surface area contributed by atoms with Gasteiger partial charge in [-0.2, -0.15) is 13.9 Å². The molecule has 4 aliphatic rings. The van der Waals surface area contributed by atoms with Crippen LogP contribution >= 0.6 is 0 Å². The number of halogens is 2. The number of hydrogen-bond acceptors (Lipinski definition) is 7. The monoisotopic (exact) mass is 574 g/mol. The van der Waals surface area contributed by atoms with E-state index in [1.165, 1.54) is 16.6 Å². The number of aromatic nitrogens is 3. The zero-order chi connectivity index (χ0) is 28.6. The van der Waals surface area contributed by atoms with Crippen molar-refractivity contribution < 1.29 is 18.6 Å². The van der Waals surface area contributed by atoms with Gasteiger partial charge in [-0.1, -0.05) is 13.0 Å². The molecule has 4 aromatic rings. The van der Waals surface area contributed by atoms with Crippen LogP contribution < -0.4 is 15.0 Å². The second kappa shape index (κ2) is 9.77. The van der Waals surface area contributed by atoms with E-state index in [1.54, 1.807) is 18.2 Å². The molecule has 0 aliphatic carbocycles. The molecule has 4 fully saturated rings. The molecule has 2 atom stereocenters. The number of piperazine rings is 1. The molecule has 2 bridgehead atoms. The summed E-state index contributed by atoms with van der Waals surface area (Å²) in [6, 6.07) is 8.76. The molecule has 0 spiro atoms. The number of nitrogens with one attached hydrogen (secondary N) is 1. The van der Waals surface area contributed by atoms with Crippen LogP contribution in [-0.4, -0.2) is 75.0 Å². The van der Waals surface area contributed by atoms with E-state index in [0.29, 0.717) is 58.3 Å². The predicted octanol–water partition coefficient (Wildman–Crippen LogP) is 5.04. The van der Waals surface area contributed by atoms with E-state index < -0.39 is 5.95 Å². The quantitative estimate of drug-likeness (QED) is 0.334. The first-order valence-corrected chi connectivity index (χ1v) is 15.3. The maximum Gasteiger partial charge on any atom is 0.336 e. The number of anilines is 1. The van der Waals surface area contributed by atoms with Gasteiger partial charge in [-0.25, -0.2) is 4.39 Å². The molecule has 2 aromatic carbocycles. The molecule has 0 radical (unpaired) electrons. The lowest BCUT2D eigenvalue weighted by Gasteiger charge is -2.34. The van der Waals surface area contributed by atoms with Crippen LogP contribution in [0.1, 0.15) is 51.0 Å². The lowest BCUT2D eigenvalue weighted by molar-refractivity contribution is 0.106. The molecule has 220 valence electrons. The Morgan fingerprint density at radius 1 is 1.05 bits per heavy atom. The second-order valence-electron chi connectivity index (χ2n) is 12.6. The Labute approximate surface area is 243 Å². The molecule has 10 heteroatoms. The van der Waals surface area contributed by atoms with Gasteiger partial charge in [-0.15, -0.1) is 5.10 Å². The highest BCUT2D eigenvalue weighted by molar-refractivity contribution is 6.01. The number of aromatic hydroxyl groups is 1. The Morgan fingerprint density at radius 2 is 1.81 bits per heavy atom. The number of fused-ring (bicyclic) bond motifs is 5. The summed E-state index contributed by atoms with van der Waals surface area (Å²) in [6.45, 7) is 6.07. The fraction of sp³-hybridized carbons (Fsp3) is 0.500. The largest absolute Gasteiger partial charge is 0.508 e. The van der Waals surface area contributed by atoms with Crippen molar-refractivity contribution in [1.29, 1.82) is 0 Å². The minimum atomic E-state index is -0.587. The van der Waals surface area contributed by atoms with Gasteiger partial charge in [-0.05, 0) is 104 Å². The average molecular weight is 575 g/mol. The van der Waals surface area contributed by atoms with Crippen LogP contribution in [0.5, 0.6) is 11.8 Å². The van der Waals surface area contributed by atoms with Crippen molar-refractivity contribution in [3.63, 3.8) is 0 Å². The molecule has 4 saturated heterocycles. The van der Waals surface area contributed by atoms with Gasteiger partial charge in [0.25, 0.3) is 0 Å². The number of aryl methyl sites for hydroxylation is 1. The van der Waals surface area contributed by atoms with Gasteiger partial charge in [0.15, 0.2) is 5.82 Å². The van der Waals surface area contributed by atoms with Gasteiger partial charge >= 0.3 is 6.01 Å². The number of hydrogen-bond donors (Lipinski definition) is 2. The summed E-state index contributed by atoms with van der Waals surface area (Å²) in [5.41, 5.74) is 1.71. The van der Waals surface area contributed by atoms with Crippen LogP contribution in [-0.2, 0) is 6.42 Å². The van der Waals surface area contributed by atoms with Crippen LogP contribution in [0.2, 0.25) is 0 Å². The lowest BCUT2D eigenvalue weighted by atomic mass is 9.94.